The number of nitrogens with zero attached hydrogens (tertiary/aromatic N) is 1. The van der Waals surface area contributed by atoms with Gasteiger partial charge in [-0.2, -0.15) is 0 Å². The number of oxazole rings is 1. The number of hydrogen-bond donors (Lipinski definition) is 1. The Bertz CT molecular complexity index is 1130. The molecule has 3 rings (SSSR count). The number of rotatable bonds is 8. The lowest BCUT2D eigenvalue weighted by atomic mass is 10.0. The quantitative estimate of drug-likeness (QED) is 0.561. The van der Waals surface area contributed by atoms with Crippen LogP contribution in [0.15, 0.2) is 59.0 Å². The first-order valence-corrected chi connectivity index (χ1v) is 11.7. The van der Waals surface area contributed by atoms with Gasteiger partial charge in [0.1, 0.15) is 11.5 Å². The van der Waals surface area contributed by atoms with E-state index in [0.29, 0.717) is 28.8 Å². The smallest absolute Gasteiger partial charge is 0.235 e. The molecule has 1 atom stereocenters. The lowest BCUT2D eigenvalue weighted by molar-refractivity contribution is -0.118. The Morgan fingerprint density at radius 2 is 1.90 bits per heavy atom. The minimum atomic E-state index is -3.71. The van der Waals surface area contributed by atoms with Crippen LogP contribution in [0.25, 0.3) is 11.5 Å². The highest BCUT2D eigenvalue weighted by Crippen LogP contribution is 2.25. The zero-order chi connectivity index (χ0) is 21.7. The van der Waals surface area contributed by atoms with Crippen molar-refractivity contribution in [2.45, 2.75) is 25.5 Å². The van der Waals surface area contributed by atoms with Crippen LogP contribution < -0.4 is 5.32 Å². The van der Waals surface area contributed by atoms with E-state index in [2.05, 4.69) is 10.3 Å². The standard InChI is InChI=1S/C22H23ClN2O4S/c1-15(17-7-4-3-5-8-17)12-24-21(26)14-30(27,28)13-20-16(2)29-22(25-20)18-9-6-10-19(23)11-18/h3-11,15H,12-14H2,1-2H3,(H,24,26)/t15-/m0/s1. The molecule has 30 heavy (non-hydrogen) atoms. The normalized spacial score (nSPS) is 12.5. The van der Waals surface area contributed by atoms with Gasteiger partial charge in [0.25, 0.3) is 0 Å². The largest absolute Gasteiger partial charge is 0.441 e. The lowest BCUT2D eigenvalue weighted by Gasteiger charge is -2.13. The van der Waals surface area contributed by atoms with Crippen LogP contribution >= 0.6 is 11.6 Å². The number of halogens is 1. The van der Waals surface area contributed by atoms with E-state index >= 15 is 0 Å². The highest BCUT2D eigenvalue weighted by Gasteiger charge is 2.22. The second-order valence-electron chi connectivity index (χ2n) is 7.18. The molecule has 3 aromatic rings. The van der Waals surface area contributed by atoms with Crippen molar-refractivity contribution >= 4 is 27.3 Å². The van der Waals surface area contributed by atoms with Gasteiger partial charge in [-0.15, -0.1) is 0 Å². The molecule has 8 heteroatoms. The lowest BCUT2D eigenvalue weighted by Crippen LogP contribution is -2.33. The Hall–Kier alpha value is -2.64. The Morgan fingerprint density at radius 3 is 2.60 bits per heavy atom. The van der Waals surface area contributed by atoms with Crippen molar-refractivity contribution in [3.8, 4) is 11.5 Å². The summed E-state index contributed by atoms with van der Waals surface area (Å²) < 4.78 is 30.6. The first-order chi connectivity index (χ1) is 14.2. The molecule has 0 unspecified atom stereocenters. The number of aromatic nitrogens is 1. The third kappa shape index (κ3) is 5.93. The van der Waals surface area contributed by atoms with Crippen LogP contribution in [0.2, 0.25) is 5.02 Å². The highest BCUT2D eigenvalue weighted by molar-refractivity contribution is 7.91. The average molecular weight is 447 g/mol. The molecular weight excluding hydrogens is 424 g/mol. The Morgan fingerprint density at radius 1 is 1.17 bits per heavy atom. The van der Waals surface area contributed by atoms with Crippen LogP contribution in [-0.4, -0.2) is 31.6 Å². The monoisotopic (exact) mass is 446 g/mol. The molecule has 0 aliphatic carbocycles. The zero-order valence-electron chi connectivity index (χ0n) is 16.8. The first kappa shape index (κ1) is 22.1. The number of aryl methyl sites for hydroxylation is 1. The number of amides is 1. The van der Waals surface area contributed by atoms with Crippen LogP contribution in [0.4, 0.5) is 0 Å². The van der Waals surface area contributed by atoms with E-state index in [1.54, 1.807) is 31.2 Å². The third-order valence-corrected chi connectivity index (χ3v) is 6.30. The number of nitrogens with one attached hydrogen (secondary N) is 1. The fourth-order valence-electron chi connectivity index (χ4n) is 2.98. The van der Waals surface area contributed by atoms with Crippen LogP contribution in [0.3, 0.4) is 0 Å². The fourth-order valence-corrected chi connectivity index (χ4v) is 4.46. The van der Waals surface area contributed by atoms with Crippen molar-refractivity contribution in [2.75, 3.05) is 12.3 Å². The fraction of sp³-hybridized carbons (Fsp3) is 0.273. The maximum atomic E-state index is 12.5. The van der Waals surface area contributed by atoms with Gasteiger partial charge < -0.3 is 9.73 Å². The van der Waals surface area contributed by atoms with Crippen LogP contribution in [0, 0.1) is 6.92 Å². The third-order valence-electron chi connectivity index (χ3n) is 4.65. The van der Waals surface area contributed by atoms with Crippen molar-refractivity contribution < 1.29 is 17.6 Å². The van der Waals surface area contributed by atoms with Crippen LogP contribution in [-0.2, 0) is 20.4 Å². The van der Waals surface area contributed by atoms with E-state index in [4.69, 9.17) is 16.0 Å². The molecule has 1 heterocycles. The summed E-state index contributed by atoms with van der Waals surface area (Å²) >= 11 is 5.99. The average Bonchev–Trinajstić information content (AvgIpc) is 3.06. The van der Waals surface area contributed by atoms with E-state index < -0.39 is 21.5 Å². The molecule has 158 valence electrons. The highest BCUT2D eigenvalue weighted by atomic mass is 35.5. The minimum absolute atomic E-state index is 0.0795. The molecule has 0 aliphatic rings. The van der Waals surface area contributed by atoms with E-state index in [0.717, 1.165) is 5.56 Å². The molecule has 0 saturated carbocycles. The Kier molecular flexibility index (Phi) is 6.95. The topological polar surface area (TPSA) is 89.3 Å². The number of carbonyl (C=O) groups is 1. The molecule has 6 nitrogen and oxygen atoms in total. The molecule has 0 aliphatic heterocycles. The second kappa shape index (κ2) is 9.45. The number of hydrogen-bond acceptors (Lipinski definition) is 5. The molecule has 0 fully saturated rings. The molecular formula is C22H23ClN2O4S. The molecule has 1 amide bonds. The summed E-state index contributed by atoms with van der Waals surface area (Å²) in [7, 11) is -3.71. The Balaban J connectivity index is 1.60. The minimum Gasteiger partial charge on any atom is -0.441 e. The molecule has 1 aromatic heterocycles. The summed E-state index contributed by atoms with van der Waals surface area (Å²) in [6, 6.07) is 16.7. The predicted molar refractivity (Wildman–Crippen MR) is 117 cm³/mol. The SMILES string of the molecule is Cc1oc(-c2cccc(Cl)c2)nc1CS(=O)(=O)CC(=O)NC[C@H](C)c1ccccc1. The summed E-state index contributed by atoms with van der Waals surface area (Å²) in [5.74, 6) is -0.740. The van der Waals surface area contributed by atoms with Crippen molar-refractivity contribution in [1.82, 2.24) is 10.3 Å². The molecule has 0 bridgehead atoms. The molecule has 0 spiro atoms. The van der Waals surface area contributed by atoms with Crippen molar-refractivity contribution in [1.29, 1.82) is 0 Å². The van der Waals surface area contributed by atoms with Crippen molar-refractivity contribution in [2.24, 2.45) is 0 Å². The molecule has 0 saturated heterocycles. The van der Waals surface area contributed by atoms with E-state index in [1.165, 1.54) is 0 Å². The first-order valence-electron chi connectivity index (χ1n) is 9.48. The van der Waals surface area contributed by atoms with Crippen LogP contribution in [0.5, 0.6) is 0 Å². The van der Waals surface area contributed by atoms with Gasteiger partial charge in [-0.3, -0.25) is 4.79 Å². The van der Waals surface area contributed by atoms with Crippen LogP contribution in [0.1, 0.15) is 29.9 Å². The maximum absolute atomic E-state index is 12.5. The summed E-state index contributed by atoms with van der Waals surface area (Å²) in [6.07, 6.45) is 0. The molecule has 0 radical (unpaired) electrons. The van der Waals surface area contributed by atoms with Gasteiger partial charge in [0.2, 0.25) is 11.8 Å². The number of benzene rings is 2. The second-order valence-corrected chi connectivity index (χ2v) is 9.68. The zero-order valence-corrected chi connectivity index (χ0v) is 18.3. The van der Waals surface area contributed by atoms with E-state index in [1.807, 2.05) is 37.3 Å². The van der Waals surface area contributed by atoms with E-state index in [9.17, 15) is 13.2 Å². The summed E-state index contributed by atoms with van der Waals surface area (Å²) in [5.41, 5.74) is 2.02. The van der Waals surface area contributed by atoms with E-state index in [-0.39, 0.29) is 17.4 Å². The van der Waals surface area contributed by atoms with Gasteiger partial charge >= 0.3 is 0 Å². The summed E-state index contributed by atoms with van der Waals surface area (Å²) in [5, 5.41) is 3.22. The van der Waals surface area contributed by atoms with Gasteiger partial charge in [-0.1, -0.05) is 54.9 Å². The molecule has 1 N–H and O–H groups in total. The summed E-state index contributed by atoms with van der Waals surface area (Å²) in [6.45, 7) is 3.98. The Labute approximate surface area is 181 Å². The molecule has 2 aromatic carbocycles. The predicted octanol–water partition coefficient (Wildman–Crippen LogP) is 4.14. The number of sulfone groups is 1. The van der Waals surface area contributed by atoms with Gasteiger partial charge in [-0.25, -0.2) is 13.4 Å². The maximum Gasteiger partial charge on any atom is 0.235 e. The van der Waals surface area contributed by atoms with Gasteiger partial charge in [0.15, 0.2) is 9.84 Å². The summed E-state index contributed by atoms with van der Waals surface area (Å²) in [4.78, 5) is 16.5. The van der Waals surface area contributed by atoms with Gasteiger partial charge in [0.05, 0.1) is 11.4 Å². The van der Waals surface area contributed by atoms with Gasteiger partial charge in [-0.05, 0) is 36.6 Å². The van der Waals surface area contributed by atoms with Gasteiger partial charge in [0, 0.05) is 17.1 Å². The number of carbonyl (C=O) groups excluding carboxylic acids is 1. The van der Waals surface area contributed by atoms with Crippen molar-refractivity contribution in [3.05, 3.63) is 76.6 Å². The van der Waals surface area contributed by atoms with Crippen molar-refractivity contribution in [3.63, 3.8) is 0 Å².